The maximum Gasteiger partial charge on any atom is 0.245 e. The van der Waals surface area contributed by atoms with Crippen LogP contribution in [-0.2, 0) is 14.8 Å². The average Bonchev–Trinajstić information content (AvgIpc) is 2.82. The number of rotatable bonds is 4. The second-order valence-corrected chi connectivity index (χ2v) is 6.24. The molecular weight excluding hydrogens is 256 g/mol. The van der Waals surface area contributed by atoms with E-state index in [1.54, 1.807) is 0 Å². The highest BCUT2D eigenvalue weighted by molar-refractivity contribution is 7.89. The molecule has 1 unspecified atom stereocenters. The number of hydrogen-bond acceptors (Lipinski definition) is 6. The fourth-order valence-corrected chi connectivity index (χ4v) is 2.91. The van der Waals surface area contributed by atoms with Gasteiger partial charge in [-0.15, -0.1) is 0 Å². The SMILES string of the molecule is CN(CC1CCCO1)S(=O)(=O)c1cnc(N)nc1. The number of sulfonamides is 1. The van der Waals surface area contributed by atoms with Crippen LogP contribution in [0, 0.1) is 0 Å². The predicted molar refractivity (Wildman–Crippen MR) is 65.2 cm³/mol. The molecule has 0 radical (unpaired) electrons. The van der Waals surface area contributed by atoms with Gasteiger partial charge >= 0.3 is 0 Å². The molecule has 1 aliphatic heterocycles. The van der Waals surface area contributed by atoms with Gasteiger partial charge in [-0.2, -0.15) is 4.31 Å². The molecule has 1 aliphatic rings. The highest BCUT2D eigenvalue weighted by Crippen LogP contribution is 2.17. The minimum absolute atomic E-state index is 0.0283. The Kier molecular flexibility index (Phi) is 3.79. The Hall–Kier alpha value is -1.25. The number of ether oxygens (including phenoxy) is 1. The van der Waals surface area contributed by atoms with E-state index in [9.17, 15) is 8.42 Å². The highest BCUT2D eigenvalue weighted by Gasteiger charge is 2.26. The molecule has 7 nitrogen and oxygen atoms in total. The summed E-state index contributed by atoms with van der Waals surface area (Å²) in [5, 5.41) is 0. The van der Waals surface area contributed by atoms with Crippen LogP contribution in [0.3, 0.4) is 0 Å². The number of nitrogen functional groups attached to an aromatic ring is 1. The predicted octanol–water partition coefficient (Wildman–Crippen LogP) is -0.142. The van der Waals surface area contributed by atoms with Gasteiger partial charge in [0.25, 0.3) is 0 Å². The maximum absolute atomic E-state index is 12.2. The molecule has 0 bridgehead atoms. The van der Waals surface area contributed by atoms with Gasteiger partial charge in [-0.25, -0.2) is 18.4 Å². The largest absolute Gasteiger partial charge is 0.377 e. The van der Waals surface area contributed by atoms with Crippen molar-refractivity contribution < 1.29 is 13.2 Å². The minimum Gasteiger partial charge on any atom is -0.377 e. The first-order valence-electron chi connectivity index (χ1n) is 5.65. The molecule has 0 aliphatic carbocycles. The smallest absolute Gasteiger partial charge is 0.245 e. The highest BCUT2D eigenvalue weighted by atomic mass is 32.2. The van der Waals surface area contributed by atoms with E-state index in [0.29, 0.717) is 13.2 Å². The van der Waals surface area contributed by atoms with Crippen LogP contribution < -0.4 is 5.73 Å². The molecule has 1 fully saturated rings. The topological polar surface area (TPSA) is 98.4 Å². The fraction of sp³-hybridized carbons (Fsp3) is 0.600. The Morgan fingerprint density at radius 2 is 2.17 bits per heavy atom. The van der Waals surface area contributed by atoms with Crippen LogP contribution in [-0.4, -0.2) is 49.0 Å². The molecule has 8 heteroatoms. The Morgan fingerprint density at radius 3 is 2.72 bits per heavy atom. The number of nitrogens with two attached hydrogens (primary N) is 1. The minimum atomic E-state index is -3.57. The third-order valence-electron chi connectivity index (χ3n) is 2.84. The molecule has 1 saturated heterocycles. The van der Waals surface area contributed by atoms with E-state index in [4.69, 9.17) is 10.5 Å². The standard InChI is InChI=1S/C10H16N4O3S/c1-14(7-8-3-2-4-17-8)18(15,16)9-5-12-10(11)13-6-9/h5-6,8H,2-4,7H2,1H3,(H2,11,12,13). The van der Waals surface area contributed by atoms with Crippen molar-refractivity contribution in [1.29, 1.82) is 0 Å². The van der Waals surface area contributed by atoms with Crippen molar-refractivity contribution >= 4 is 16.0 Å². The van der Waals surface area contributed by atoms with E-state index in [1.165, 1.54) is 23.7 Å². The van der Waals surface area contributed by atoms with Crippen molar-refractivity contribution in [3.8, 4) is 0 Å². The summed E-state index contributed by atoms with van der Waals surface area (Å²) in [6.45, 7) is 1.04. The molecule has 0 aromatic carbocycles. The van der Waals surface area contributed by atoms with Crippen LogP contribution in [0.4, 0.5) is 5.95 Å². The first-order valence-corrected chi connectivity index (χ1v) is 7.09. The lowest BCUT2D eigenvalue weighted by Gasteiger charge is -2.20. The van der Waals surface area contributed by atoms with Crippen molar-refractivity contribution in [2.24, 2.45) is 0 Å². The fourth-order valence-electron chi connectivity index (χ4n) is 1.81. The van der Waals surface area contributed by atoms with Gasteiger partial charge in [0.1, 0.15) is 4.90 Å². The van der Waals surface area contributed by atoms with Gasteiger partial charge in [-0.3, -0.25) is 0 Å². The number of likely N-dealkylation sites (N-methyl/N-ethyl adjacent to an activating group) is 1. The number of anilines is 1. The van der Waals surface area contributed by atoms with Crippen molar-refractivity contribution in [3.63, 3.8) is 0 Å². The molecule has 1 aromatic heterocycles. The second-order valence-electron chi connectivity index (χ2n) is 4.20. The third kappa shape index (κ3) is 2.77. The number of aromatic nitrogens is 2. The van der Waals surface area contributed by atoms with E-state index < -0.39 is 10.0 Å². The van der Waals surface area contributed by atoms with Crippen LogP contribution in [0.25, 0.3) is 0 Å². The summed E-state index contributed by atoms with van der Waals surface area (Å²) in [6, 6.07) is 0. The molecule has 0 spiro atoms. The molecular formula is C10H16N4O3S. The summed E-state index contributed by atoms with van der Waals surface area (Å²) in [4.78, 5) is 7.42. The first kappa shape index (κ1) is 13.2. The van der Waals surface area contributed by atoms with Gasteiger partial charge in [0.15, 0.2) is 0 Å². The quantitative estimate of drug-likeness (QED) is 0.819. The van der Waals surface area contributed by atoms with Crippen molar-refractivity contribution in [1.82, 2.24) is 14.3 Å². The third-order valence-corrected chi connectivity index (χ3v) is 4.62. The van der Waals surface area contributed by atoms with Gasteiger partial charge in [-0.05, 0) is 12.8 Å². The van der Waals surface area contributed by atoms with Crippen LogP contribution in [0.2, 0.25) is 0 Å². The van der Waals surface area contributed by atoms with E-state index in [1.807, 2.05) is 0 Å². The zero-order valence-electron chi connectivity index (χ0n) is 10.1. The summed E-state index contributed by atoms with van der Waals surface area (Å²) in [6.07, 6.45) is 4.26. The molecule has 2 rings (SSSR count). The Bertz CT molecular complexity index is 496. The van der Waals surface area contributed by atoms with E-state index in [-0.39, 0.29) is 16.9 Å². The molecule has 100 valence electrons. The summed E-state index contributed by atoms with van der Waals surface area (Å²) in [7, 11) is -2.05. The van der Waals surface area contributed by atoms with Crippen molar-refractivity contribution in [2.45, 2.75) is 23.8 Å². The van der Waals surface area contributed by atoms with Gasteiger partial charge in [-0.1, -0.05) is 0 Å². The first-order chi connectivity index (χ1) is 8.50. The summed E-state index contributed by atoms with van der Waals surface area (Å²) < 4.78 is 31.0. The summed E-state index contributed by atoms with van der Waals surface area (Å²) >= 11 is 0. The second kappa shape index (κ2) is 5.17. The lowest BCUT2D eigenvalue weighted by Crippen LogP contribution is -2.34. The zero-order chi connectivity index (χ0) is 13.2. The van der Waals surface area contributed by atoms with Crippen LogP contribution in [0.15, 0.2) is 17.3 Å². The maximum atomic E-state index is 12.2. The van der Waals surface area contributed by atoms with Gasteiger partial charge < -0.3 is 10.5 Å². The molecule has 2 N–H and O–H groups in total. The number of nitrogens with zero attached hydrogens (tertiary/aromatic N) is 3. The lowest BCUT2D eigenvalue weighted by molar-refractivity contribution is 0.0979. The van der Waals surface area contributed by atoms with Gasteiger partial charge in [0.05, 0.1) is 18.5 Å². The number of hydrogen-bond donors (Lipinski definition) is 1. The molecule has 18 heavy (non-hydrogen) atoms. The van der Waals surface area contributed by atoms with Crippen LogP contribution >= 0.6 is 0 Å². The summed E-state index contributed by atoms with van der Waals surface area (Å²) in [5.41, 5.74) is 5.33. The molecule has 1 aromatic rings. The molecule has 1 atom stereocenters. The lowest BCUT2D eigenvalue weighted by atomic mass is 10.2. The van der Waals surface area contributed by atoms with E-state index in [2.05, 4.69) is 9.97 Å². The normalized spacial score (nSPS) is 20.4. The van der Waals surface area contributed by atoms with E-state index >= 15 is 0 Å². The monoisotopic (exact) mass is 272 g/mol. The van der Waals surface area contributed by atoms with Crippen molar-refractivity contribution in [2.75, 3.05) is 25.9 Å². The van der Waals surface area contributed by atoms with Gasteiger partial charge in [0.2, 0.25) is 16.0 Å². The van der Waals surface area contributed by atoms with E-state index in [0.717, 1.165) is 12.8 Å². The van der Waals surface area contributed by atoms with Crippen LogP contribution in [0.5, 0.6) is 0 Å². The average molecular weight is 272 g/mol. The Morgan fingerprint density at radius 1 is 1.50 bits per heavy atom. The van der Waals surface area contributed by atoms with Crippen molar-refractivity contribution in [3.05, 3.63) is 12.4 Å². The molecule has 2 heterocycles. The zero-order valence-corrected chi connectivity index (χ0v) is 10.9. The van der Waals surface area contributed by atoms with Gasteiger partial charge in [0, 0.05) is 20.2 Å². The molecule has 0 saturated carbocycles. The summed E-state index contributed by atoms with van der Waals surface area (Å²) in [5.74, 6) is 0.0516. The Balaban J connectivity index is 2.11. The van der Waals surface area contributed by atoms with Crippen LogP contribution in [0.1, 0.15) is 12.8 Å². The molecule has 0 amide bonds. The Labute approximate surface area is 106 Å².